The molecule has 2 unspecified atom stereocenters. The predicted molar refractivity (Wildman–Crippen MR) is 92.1 cm³/mol. The van der Waals surface area contributed by atoms with E-state index in [0.717, 1.165) is 31.1 Å². The smallest absolute Gasteiger partial charge is 0.250 e. The number of benzene rings is 1. The lowest BCUT2D eigenvalue weighted by Crippen LogP contribution is -2.48. The van der Waals surface area contributed by atoms with Crippen molar-refractivity contribution in [3.63, 3.8) is 0 Å². The van der Waals surface area contributed by atoms with Crippen LogP contribution in [0.5, 0.6) is 0 Å². The minimum absolute atomic E-state index is 0.00501. The lowest BCUT2D eigenvalue weighted by molar-refractivity contribution is -0.134. The normalized spacial score (nSPS) is 24.7. The number of halogens is 1. The molecule has 23 heavy (non-hydrogen) atoms. The molecule has 0 bridgehead atoms. The van der Waals surface area contributed by atoms with E-state index in [1.54, 1.807) is 0 Å². The summed E-state index contributed by atoms with van der Waals surface area (Å²) >= 11 is 6.12. The number of morpholine rings is 1. The summed E-state index contributed by atoms with van der Waals surface area (Å²) in [6, 6.07) is 6.01. The molecule has 1 amide bonds. The van der Waals surface area contributed by atoms with Gasteiger partial charge in [-0.3, -0.25) is 4.79 Å². The van der Waals surface area contributed by atoms with Crippen molar-refractivity contribution in [3.05, 3.63) is 28.8 Å². The van der Waals surface area contributed by atoms with Gasteiger partial charge in [0.15, 0.2) is 0 Å². The minimum atomic E-state index is -0.351. The Balaban J connectivity index is 1.50. The Kier molecular flexibility index (Phi) is 5.41. The molecule has 2 N–H and O–H groups in total. The van der Waals surface area contributed by atoms with Gasteiger partial charge >= 0.3 is 0 Å². The van der Waals surface area contributed by atoms with Crippen LogP contribution >= 0.6 is 11.6 Å². The number of carbonyl (C=O) groups is 1. The van der Waals surface area contributed by atoms with E-state index >= 15 is 0 Å². The number of nitrogens with zero attached hydrogens (tertiary/aromatic N) is 1. The number of hydrogen-bond donors (Lipinski definition) is 2. The number of hydrogen-bond acceptors (Lipinski definition) is 4. The van der Waals surface area contributed by atoms with Crippen molar-refractivity contribution in [2.24, 2.45) is 5.92 Å². The van der Waals surface area contributed by atoms with Crippen molar-refractivity contribution in [2.75, 3.05) is 44.2 Å². The summed E-state index contributed by atoms with van der Waals surface area (Å²) in [5.41, 5.74) is 2.44. The molecule has 0 radical (unpaired) electrons. The van der Waals surface area contributed by atoms with Crippen LogP contribution in [0.3, 0.4) is 0 Å². The molecule has 3 rings (SSSR count). The van der Waals surface area contributed by atoms with Gasteiger partial charge < -0.3 is 20.3 Å². The van der Waals surface area contributed by atoms with Crippen LogP contribution in [0.1, 0.15) is 12.0 Å². The summed E-state index contributed by atoms with van der Waals surface area (Å²) in [4.78, 5) is 14.5. The molecule has 2 atom stereocenters. The van der Waals surface area contributed by atoms with Gasteiger partial charge in [0.05, 0.1) is 6.61 Å². The second kappa shape index (κ2) is 7.51. The summed E-state index contributed by atoms with van der Waals surface area (Å²) < 4.78 is 5.47. The van der Waals surface area contributed by atoms with Gasteiger partial charge in [0.25, 0.3) is 0 Å². The molecule has 2 saturated heterocycles. The zero-order chi connectivity index (χ0) is 16.2. The Morgan fingerprint density at radius 2 is 2.39 bits per heavy atom. The predicted octanol–water partition coefficient (Wildman–Crippen LogP) is 1.58. The van der Waals surface area contributed by atoms with Gasteiger partial charge in [0.2, 0.25) is 5.91 Å². The van der Waals surface area contributed by atoms with E-state index in [1.807, 2.05) is 12.1 Å². The van der Waals surface area contributed by atoms with Crippen molar-refractivity contribution < 1.29 is 9.53 Å². The van der Waals surface area contributed by atoms with Crippen molar-refractivity contribution >= 4 is 23.2 Å². The van der Waals surface area contributed by atoms with Crippen LogP contribution in [0.15, 0.2) is 18.2 Å². The Hall–Kier alpha value is -1.30. The van der Waals surface area contributed by atoms with Crippen molar-refractivity contribution in [1.82, 2.24) is 10.6 Å². The largest absolute Gasteiger partial charge is 0.371 e. The molecule has 0 aliphatic carbocycles. The van der Waals surface area contributed by atoms with Gasteiger partial charge in [0.1, 0.15) is 6.10 Å². The molecule has 2 heterocycles. The maximum atomic E-state index is 12.1. The molecule has 6 heteroatoms. The zero-order valence-corrected chi connectivity index (χ0v) is 14.2. The van der Waals surface area contributed by atoms with Gasteiger partial charge in [-0.2, -0.15) is 0 Å². The number of rotatable bonds is 4. The molecule has 1 aromatic rings. The fraction of sp³-hybridized carbons (Fsp3) is 0.588. The van der Waals surface area contributed by atoms with E-state index in [1.165, 1.54) is 11.3 Å². The third-order valence-corrected chi connectivity index (χ3v) is 4.82. The summed E-state index contributed by atoms with van der Waals surface area (Å²) in [6.45, 7) is 6.78. The first-order valence-corrected chi connectivity index (χ1v) is 8.62. The second-order valence-electron chi connectivity index (χ2n) is 6.34. The lowest BCUT2D eigenvalue weighted by Gasteiger charge is -2.24. The van der Waals surface area contributed by atoms with Crippen molar-refractivity contribution in [3.8, 4) is 0 Å². The molecule has 2 aliphatic heterocycles. The fourth-order valence-corrected chi connectivity index (χ4v) is 3.40. The molecule has 0 spiro atoms. The first kappa shape index (κ1) is 16.6. The number of ether oxygens (including phenoxy) is 1. The van der Waals surface area contributed by atoms with Gasteiger partial charge in [-0.15, -0.1) is 0 Å². The van der Waals surface area contributed by atoms with E-state index in [2.05, 4.69) is 28.5 Å². The second-order valence-corrected chi connectivity index (χ2v) is 6.78. The third-order valence-electron chi connectivity index (χ3n) is 4.58. The molecular formula is C17H24ClN3O2. The summed E-state index contributed by atoms with van der Waals surface area (Å²) in [5.74, 6) is 0.462. The van der Waals surface area contributed by atoms with Crippen molar-refractivity contribution in [2.45, 2.75) is 19.4 Å². The highest BCUT2D eigenvalue weighted by atomic mass is 35.5. The summed E-state index contributed by atoms with van der Waals surface area (Å²) in [5, 5.41) is 6.98. The monoisotopic (exact) mass is 337 g/mol. The van der Waals surface area contributed by atoms with E-state index in [0.29, 0.717) is 25.6 Å². The average Bonchev–Trinajstić information content (AvgIpc) is 3.04. The van der Waals surface area contributed by atoms with Crippen LogP contribution in [-0.2, 0) is 9.53 Å². The van der Waals surface area contributed by atoms with Gasteiger partial charge in [-0.1, -0.05) is 17.7 Å². The number of nitrogens with one attached hydrogen (secondary N) is 2. The SMILES string of the molecule is Cc1ccc(Cl)cc1N1CCC(CNC(=O)C2CNCCO2)C1. The third kappa shape index (κ3) is 4.16. The van der Waals surface area contributed by atoms with Gasteiger partial charge in [-0.05, 0) is 37.0 Å². The molecule has 2 fully saturated rings. The maximum Gasteiger partial charge on any atom is 0.250 e. The molecule has 126 valence electrons. The van der Waals surface area contributed by atoms with E-state index < -0.39 is 0 Å². The highest BCUT2D eigenvalue weighted by Crippen LogP contribution is 2.29. The Bertz CT molecular complexity index is 561. The standard InChI is InChI=1S/C17H24ClN3O2/c1-12-2-3-14(18)8-15(12)21-6-4-13(11-21)9-20-17(22)16-10-19-5-7-23-16/h2-3,8,13,16,19H,4-7,9-11H2,1H3,(H,20,22). The first-order valence-electron chi connectivity index (χ1n) is 8.24. The van der Waals surface area contributed by atoms with Gasteiger partial charge in [-0.25, -0.2) is 0 Å². The minimum Gasteiger partial charge on any atom is -0.371 e. The number of aryl methyl sites for hydroxylation is 1. The number of anilines is 1. The van der Waals surface area contributed by atoms with E-state index in [9.17, 15) is 4.79 Å². The zero-order valence-electron chi connectivity index (χ0n) is 13.5. The lowest BCUT2D eigenvalue weighted by atomic mass is 10.1. The van der Waals surface area contributed by atoms with Crippen LogP contribution < -0.4 is 15.5 Å². The Morgan fingerprint density at radius 1 is 1.52 bits per heavy atom. The molecule has 5 nitrogen and oxygen atoms in total. The fourth-order valence-electron chi connectivity index (χ4n) is 3.23. The molecule has 0 aromatic heterocycles. The van der Waals surface area contributed by atoms with E-state index in [-0.39, 0.29) is 12.0 Å². The molecule has 1 aromatic carbocycles. The number of carbonyl (C=O) groups excluding carboxylic acids is 1. The Labute approximate surface area is 142 Å². The summed E-state index contributed by atoms with van der Waals surface area (Å²) in [6.07, 6.45) is 0.729. The quantitative estimate of drug-likeness (QED) is 0.876. The highest BCUT2D eigenvalue weighted by Gasteiger charge is 2.26. The van der Waals surface area contributed by atoms with Crippen LogP contribution in [0, 0.1) is 12.8 Å². The van der Waals surface area contributed by atoms with Crippen LogP contribution in [0.2, 0.25) is 5.02 Å². The molecular weight excluding hydrogens is 314 g/mol. The van der Waals surface area contributed by atoms with Crippen molar-refractivity contribution in [1.29, 1.82) is 0 Å². The maximum absolute atomic E-state index is 12.1. The first-order chi connectivity index (χ1) is 11.1. The number of amides is 1. The van der Waals surface area contributed by atoms with Crippen LogP contribution in [-0.4, -0.2) is 51.3 Å². The summed E-state index contributed by atoms with van der Waals surface area (Å²) in [7, 11) is 0. The average molecular weight is 338 g/mol. The van der Waals surface area contributed by atoms with Crippen LogP contribution in [0.25, 0.3) is 0 Å². The molecule has 0 saturated carbocycles. The van der Waals surface area contributed by atoms with Gasteiger partial charge in [0, 0.05) is 43.4 Å². The Morgan fingerprint density at radius 3 is 3.17 bits per heavy atom. The topological polar surface area (TPSA) is 53.6 Å². The van der Waals surface area contributed by atoms with E-state index in [4.69, 9.17) is 16.3 Å². The van der Waals surface area contributed by atoms with Crippen LogP contribution in [0.4, 0.5) is 5.69 Å². The highest BCUT2D eigenvalue weighted by molar-refractivity contribution is 6.30. The molecule has 2 aliphatic rings.